The highest BCUT2D eigenvalue weighted by Crippen LogP contribution is 2.17. The molecule has 12 nitrogen and oxygen atoms in total. The van der Waals surface area contributed by atoms with Gasteiger partial charge < -0.3 is 14.6 Å². The average Bonchev–Trinajstić information content (AvgIpc) is 3.33. The molecule has 1 aliphatic rings. The lowest BCUT2D eigenvalue weighted by Crippen LogP contribution is -2.45. The zero-order chi connectivity index (χ0) is 21.1. The highest BCUT2D eigenvalue weighted by atomic mass is 16.5. The standard InChI is InChI=1S/C17H22N6O6/c1-21-14-13(15(26)22(2)17(21)28)23(9-18-14)7-12(25)29-8-11(24)20-16(27)19-10-5-3-4-6-10/h9-10H,3-8H2,1-2H3,(H2,19,20,24,27). The molecule has 0 bridgehead atoms. The normalized spacial score (nSPS) is 14.1. The van der Waals surface area contributed by atoms with Crippen LogP contribution in [0.1, 0.15) is 25.7 Å². The molecule has 1 fully saturated rings. The van der Waals surface area contributed by atoms with E-state index in [-0.39, 0.29) is 23.8 Å². The van der Waals surface area contributed by atoms with E-state index >= 15 is 0 Å². The fraction of sp³-hybridized carbons (Fsp3) is 0.529. The summed E-state index contributed by atoms with van der Waals surface area (Å²) in [5, 5.41) is 4.79. The number of rotatable bonds is 5. The number of amides is 3. The second-order valence-corrected chi connectivity index (χ2v) is 6.91. The number of nitrogens with one attached hydrogen (secondary N) is 2. The minimum atomic E-state index is -0.799. The molecule has 0 radical (unpaired) electrons. The summed E-state index contributed by atoms with van der Waals surface area (Å²) in [5.74, 6) is -1.56. The van der Waals surface area contributed by atoms with Gasteiger partial charge in [0.15, 0.2) is 17.8 Å². The van der Waals surface area contributed by atoms with Gasteiger partial charge in [0.1, 0.15) is 6.54 Å². The van der Waals surface area contributed by atoms with E-state index in [1.807, 2.05) is 0 Å². The predicted molar refractivity (Wildman–Crippen MR) is 100 cm³/mol. The average molecular weight is 406 g/mol. The molecule has 0 atom stereocenters. The van der Waals surface area contributed by atoms with E-state index in [0.29, 0.717) is 0 Å². The zero-order valence-corrected chi connectivity index (χ0v) is 16.1. The monoisotopic (exact) mass is 406 g/mol. The van der Waals surface area contributed by atoms with Crippen molar-refractivity contribution in [2.75, 3.05) is 6.61 Å². The van der Waals surface area contributed by atoms with Crippen LogP contribution in [0.3, 0.4) is 0 Å². The summed E-state index contributed by atoms with van der Waals surface area (Å²) in [6, 6.07) is -0.568. The maximum Gasteiger partial charge on any atom is 0.332 e. The van der Waals surface area contributed by atoms with Crippen molar-refractivity contribution >= 4 is 29.1 Å². The number of fused-ring (bicyclic) bond motifs is 1. The van der Waals surface area contributed by atoms with E-state index in [9.17, 15) is 24.0 Å². The van der Waals surface area contributed by atoms with Crippen molar-refractivity contribution < 1.29 is 19.1 Å². The molecule has 0 spiro atoms. The van der Waals surface area contributed by atoms with Gasteiger partial charge in [-0.1, -0.05) is 12.8 Å². The molecule has 2 heterocycles. The van der Waals surface area contributed by atoms with Crippen LogP contribution in [0.25, 0.3) is 11.2 Å². The molecule has 12 heteroatoms. The first-order valence-corrected chi connectivity index (χ1v) is 9.14. The first-order chi connectivity index (χ1) is 13.8. The summed E-state index contributed by atoms with van der Waals surface area (Å²) >= 11 is 0. The number of imidazole rings is 1. The molecule has 156 valence electrons. The molecular formula is C17H22N6O6. The van der Waals surface area contributed by atoms with Crippen LogP contribution in [0.2, 0.25) is 0 Å². The fourth-order valence-electron chi connectivity index (χ4n) is 3.30. The molecule has 29 heavy (non-hydrogen) atoms. The minimum Gasteiger partial charge on any atom is -0.454 e. The summed E-state index contributed by atoms with van der Waals surface area (Å²) in [6.07, 6.45) is 5.07. The second kappa shape index (κ2) is 8.29. The Hall–Kier alpha value is -3.44. The largest absolute Gasteiger partial charge is 0.454 e. The number of aromatic nitrogens is 4. The Morgan fingerprint density at radius 2 is 1.86 bits per heavy atom. The summed E-state index contributed by atoms with van der Waals surface area (Å²) in [7, 11) is 2.78. The van der Waals surface area contributed by atoms with Gasteiger partial charge in [-0.15, -0.1) is 0 Å². The van der Waals surface area contributed by atoms with Crippen molar-refractivity contribution in [3.8, 4) is 0 Å². The number of imide groups is 1. The Balaban J connectivity index is 1.57. The van der Waals surface area contributed by atoms with Gasteiger partial charge in [-0.3, -0.25) is 28.8 Å². The van der Waals surface area contributed by atoms with Gasteiger partial charge in [-0.05, 0) is 12.8 Å². The van der Waals surface area contributed by atoms with Gasteiger partial charge in [-0.2, -0.15) is 0 Å². The number of hydrogen-bond donors (Lipinski definition) is 2. The highest BCUT2D eigenvalue weighted by Gasteiger charge is 2.19. The van der Waals surface area contributed by atoms with E-state index in [4.69, 9.17) is 4.74 Å². The van der Waals surface area contributed by atoms with Crippen LogP contribution in [0.15, 0.2) is 15.9 Å². The Labute approximate surface area is 164 Å². The third-order valence-electron chi connectivity index (χ3n) is 4.82. The number of urea groups is 1. The van der Waals surface area contributed by atoms with Gasteiger partial charge in [0.05, 0.1) is 6.33 Å². The number of hydrogen-bond acceptors (Lipinski definition) is 7. The predicted octanol–water partition coefficient (Wildman–Crippen LogP) is -1.25. The van der Waals surface area contributed by atoms with Gasteiger partial charge in [0.2, 0.25) is 0 Å². The SMILES string of the molecule is Cn1c(=O)c2c(ncn2CC(=O)OCC(=O)NC(=O)NC2CCCC2)n(C)c1=O. The molecule has 0 unspecified atom stereocenters. The van der Waals surface area contributed by atoms with Crippen molar-refractivity contribution in [3.63, 3.8) is 0 Å². The van der Waals surface area contributed by atoms with E-state index in [1.54, 1.807) is 0 Å². The number of carbonyl (C=O) groups is 3. The zero-order valence-electron chi connectivity index (χ0n) is 16.1. The summed E-state index contributed by atoms with van der Waals surface area (Å²) in [5.41, 5.74) is -0.947. The van der Waals surface area contributed by atoms with Crippen molar-refractivity contribution in [2.45, 2.75) is 38.3 Å². The fourth-order valence-corrected chi connectivity index (χ4v) is 3.30. The van der Waals surface area contributed by atoms with Crippen LogP contribution < -0.4 is 21.9 Å². The van der Waals surface area contributed by atoms with Crippen molar-refractivity contribution in [2.24, 2.45) is 14.1 Å². The topological polar surface area (TPSA) is 146 Å². The molecule has 0 aromatic carbocycles. The smallest absolute Gasteiger partial charge is 0.332 e. The number of carbonyl (C=O) groups excluding carboxylic acids is 3. The Morgan fingerprint density at radius 1 is 1.17 bits per heavy atom. The second-order valence-electron chi connectivity index (χ2n) is 6.91. The Bertz CT molecular complexity index is 1070. The van der Waals surface area contributed by atoms with Crippen LogP contribution >= 0.6 is 0 Å². The van der Waals surface area contributed by atoms with Crippen LogP contribution in [-0.4, -0.2) is 49.2 Å². The third-order valence-corrected chi connectivity index (χ3v) is 4.82. The Morgan fingerprint density at radius 3 is 2.55 bits per heavy atom. The molecule has 2 aromatic rings. The van der Waals surface area contributed by atoms with Crippen LogP contribution in [0, 0.1) is 0 Å². The molecule has 0 saturated heterocycles. The number of aryl methyl sites for hydroxylation is 1. The van der Waals surface area contributed by atoms with E-state index in [2.05, 4.69) is 15.6 Å². The van der Waals surface area contributed by atoms with Crippen LogP contribution in [0.4, 0.5) is 4.79 Å². The van der Waals surface area contributed by atoms with Gasteiger partial charge in [0, 0.05) is 20.1 Å². The highest BCUT2D eigenvalue weighted by molar-refractivity contribution is 5.95. The molecule has 1 aliphatic carbocycles. The van der Waals surface area contributed by atoms with E-state index < -0.39 is 35.8 Å². The lowest BCUT2D eigenvalue weighted by Gasteiger charge is -2.12. The van der Waals surface area contributed by atoms with Gasteiger partial charge in [-0.25, -0.2) is 14.6 Å². The maximum atomic E-state index is 12.3. The molecule has 0 aliphatic heterocycles. The molecule has 2 N–H and O–H groups in total. The van der Waals surface area contributed by atoms with Gasteiger partial charge in [0.25, 0.3) is 11.5 Å². The summed E-state index contributed by atoms with van der Waals surface area (Å²) in [4.78, 5) is 63.8. The van der Waals surface area contributed by atoms with Crippen LogP contribution in [-0.2, 0) is 35.0 Å². The summed E-state index contributed by atoms with van der Waals surface area (Å²) < 4.78 is 8.20. The molecule has 1 saturated carbocycles. The number of nitrogens with zero attached hydrogens (tertiary/aromatic N) is 4. The molecule has 3 amide bonds. The van der Waals surface area contributed by atoms with Gasteiger partial charge >= 0.3 is 17.7 Å². The lowest BCUT2D eigenvalue weighted by atomic mass is 10.2. The summed E-state index contributed by atoms with van der Waals surface area (Å²) in [6.45, 7) is -1.02. The van der Waals surface area contributed by atoms with Crippen LogP contribution in [0.5, 0.6) is 0 Å². The molecule has 2 aromatic heterocycles. The molecule has 3 rings (SSSR count). The number of ether oxygens (including phenoxy) is 1. The molecular weight excluding hydrogens is 384 g/mol. The maximum absolute atomic E-state index is 12.3. The lowest BCUT2D eigenvalue weighted by molar-refractivity contribution is -0.148. The third kappa shape index (κ3) is 4.36. The quantitative estimate of drug-likeness (QED) is 0.590. The van der Waals surface area contributed by atoms with Crippen molar-refractivity contribution in [3.05, 3.63) is 27.2 Å². The first-order valence-electron chi connectivity index (χ1n) is 9.14. The van der Waals surface area contributed by atoms with Crippen molar-refractivity contribution in [1.82, 2.24) is 29.3 Å². The van der Waals surface area contributed by atoms with E-state index in [0.717, 1.165) is 30.3 Å². The van der Waals surface area contributed by atoms with Crippen molar-refractivity contribution in [1.29, 1.82) is 0 Å². The van der Waals surface area contributed by atoms with E-state index in [1.165, 1.54) is 29.6 Å². The number of esters is 1. The Kier molecular flexibility index (Phi) is 5.80. The first kappa shape index (κ1) is 20.3. The minimum absolute atomic E-state index is 0.0541.